The summed E-state index contributed by atoms with van der Waals surface area (Å²) in [7, 11) is 0. The van der Waals surface area contributed by atoms with Crippen LogP contribution in [-0.2, 0) is 4.74 Å². The number of nitrogens with zero attached hydrogens (tertiary/aromatic N) is 1. The van der Waals surface area contributed by atoms with Crippen molar-refractivity contribution in [2.45, 2.75) is 31.8 Å². The summed E-state index contributed by atoms with van der Waals surface area (Å²) in [5.41, 5.74) is -0.0306. The molecule has 0 spiro atoms. The fraction of sp³-hybridized carbons (Fsp3) is 0.455. The predicted octanol–water partition coefficient (Wildman–Crippen LogP) is 2.32. The van der Waals surface area contributed by atoms with Crippen molar-refractivity contribution in [2.75, 3.05) is 0 Å². The van der Waals surface area contributed by atoms with Crippen molar-refractivity contribution >= 4 is 5.97 Å². The normalized spacial score (nSPS) is 16.6. The van der Waals surface area contributed by atoms with Crippen molar-refractivity contribution in [1.82, 2.24) is 4.98 Å². The standard InChI is InChI=1S/C11H12FNO2/c12-10-7-13-6-5-9(10)11(14)15-8-3-1-2-4-8/h5-8H,1-4H2. The van der Waals surface area contributed by atoms with Crippen LogP contribution >= 0.6 is 0 Å². The number of esters is 1. The van der Waals surface area contributed by atoms with Crippen LogP contribution in [0.3, 0.4) is 0 Å². The molecule has 1 aromatic rings. The fourth-order valence-corrected chi connectivity index (χ4v) is 1.76. The Morgan fingerprint density at radius 2 is 2.20 bits per heavy atom. The van der Waals surface area contributed by atoms with Crippen molar-refractivity contribution in [1.29, 1.82) is 0 Å². The second kappa shape index (κ2) is 4.38. The molecule has 1 heterocycles. The minimum Gasteiger partial charge on any atom is -0.459 e. The number of hydrogen-bond acceptors (Lipinski definition) is 3. The Labute approximate surface area is 87.3 Å². The van der Waals surface area contributed by atoms with Gasteiger partial charge in [-0.2, -0.15) is 0 Å². The van der Waals surface area contributed by atoms with Gasteiger partial charge in [0, 0.05) is 6.20 Å². The van der Waals surface area contributed by atoms with Crippen molar-refractivity contribution in [3.05, 3.63) is 29.8 Å². The zero-order valence-corrected chi connectivity index (χ0v) is 8.28. The van der Waals surface area contributed by atoms with Crippen LogP contribution in [0, 0.1) is 5.82 Å². The highest BCUT2D eigenvalue weighted by Gasteiger charge is 2.21. The second-order valence-electron chi connectivity index (χ2n) is 3.67. The topological polar surface area (TPSA) is 39.2 Å². The van der Waals surface area contributed by atoms with E-state index in [0.29, 0.717) is 0 Å². The van der Waals surface area contributed by atoms with Gasteiger partial charge in [-0.05, 0) is 31.7 Å². The van der Waals surface area contributed by atoms with E-state index in [1.165, 1.54) is 12.3 Å². The Balaban J connectivity index is 2.04. The lowest BCUT2D eigenvalue weighted by atomic mass is 10.2. The maximum atomic E-state index is 13.2. The molecule has 0 N–H and O–H groups in total. The van der Waals surface area contributed by atoms with Gasteiger partial charge in [0.15, 0.2) is 5.82 Å². The van der Waals surface area contributed by atoms with Gasteiger partial charge in [0.2, 0.25) is 0 Å². The van der Waals surface area contributed by atoms with Crippen molar-refractivity contribution in [2.24, 2.45) is 0 Å². The molecule has 1 aromatic heterocycles. The molecule has 0 aromatic carbocycles. The molecule has 80 valence electrons. The molecule has 4 heteroatoms. The van der Waals surface area contributed by atoms with Crippen molar-refractivity contribution < 1.29 is 13.9 Å². The molecule has 0 unspecified atom stereocenters. The van der Waals surface area contributed by atoms with E-state index in [9.17, 15) is 9.18 Å². The molecule has 0 atom stereocenters. The summed E-state index contributed by atoms with van der Waals surface area (Å²) < 4.78 is 18.3. The Hall–Kier alpha value is -1.45. The van der Waals surface area contributed by atoms with Gasteiger partial charge in [0.05, 0.1) is 11.8 Å². The summed E-state index contributed by atoms with van der Waals surface area (Å²) in [6, 6.07) is 1.34. The van der Waals surface area contributed by atoms with Crippen LogP contribution in [0.4, 0.5) is 4.39 Å². The highest BCUT2D eigenvalue weighted by atomic mass is 19.1. The molecule has 15 heavy (non-hydrogen) atoms. The number of carbonyl (C=O) groups excluding carboxylic acids is 1. The van der Waals surface area contributed by atoms with E-state index in [2.05, 4.69) is 4.98 Å². The first kappa shape index (κ1) is 10.1. The molecule has 0 radical (unpaired) electrons. The van der Waals surface area contributed by atoms with Crippen molar-refractivity contribution in [3.8, 4) is 0 Å². The Bertz CT molecular complexity index is 361. The lowest BCUT2D eigenvalue weighted by Gasteiger charge is -2.11. The lowest BCUT2D eigenvalue weighted by molar-refractivity contribution is 0.0312. The maximum absolute atomic E-state index is 13.2. The van der Waals surface area contributed by atoms with Gasteiger partial charge >= 0.3 is 5.97 Å². The third-order valence-corrected chi connectivity index (χ3v) is 2.57. The molecular formula is C11H12FNO2. The Morgan fingerprint density at radius 1 is 1.47 bits per heavy atom. The van der Waals surface area contributed by atoms with E-state index in [1.807, 2.05) is 0 Å². The van der Waals surface area contributed by atoms with Crippen LogP contribution in [0.1, 0.15) is 36.0 Å². The molecule has 3 nitrogen and oxygen atoms in total. The maximum Gasteiger partial charge on any atom is 0.341 e. The zero-order chi connectivity index (χ0) is 10.7. The first-order valence-corrected chi connectivity index (χ1v) is 5.08. The van der Waals surface area contributed by atoms with Gasteiger partial charge < -0.3 is 4.74 Å². The molecule has 1 aliphatic carbocycles. The summed E-state index contributed by atoms with van der Waals surface area (Å²) in [6.07, 6.45) is 6.30. The van der Waals surface area contributed by atoms with Crippen LogP contribution in [0.15, 0.2) is 18.5 Å². The molecule has 2 rings (SSSR count). The average molecular weight is 209 g/mol. The minimum atomic E-state index is -0.625. The summed E-state index contributed by atoms with van der Waals surface area (Å²) in [4.78, 5) is 15.1. The van der Waals surface area contributed by atoms with Gasteiger partial charge in [0.1, 0.15) is 6.10 Å². The molecule has 1 aliphatic rings. The quantitative estimate of drug-likeness (QED) is 0.701. The Kier molecular flexibility index (Phi) is 2.94. The van der Waals surface area contributed by atoms with Crippen LogP contribution in [0.2, 0.25) is 0 Å². The van der Waals surface area contributed by atoms with Gasteiger partial charge in [0.25, 0.3) is 0 Å². The van der Waals surface area contributed by atoms with E-state index >= 15 is 0 Å². The van der Waals surface area contributed by atoms with Gasteiger partial charge in [-0.3, -0.25) is 4.98 Å². The summed E-state index contributed by atoms with van der Waals surface area (Å²) in [6.45, 7) is 0. The molecule has 1 saturated carbocycles. The van der Waals surface area contributed by atoms with Crippen LogP contribution in [-0.4, -0.2) is 17.1 Å². The number of hydrogen-bond donors (Lipinski definition) is 0. The predicted molar refractivity (Wildman–Crippen MR) is 51.9 cm³/mol. The van der Waals surface area contributed by atoms with Crippen molar-refractivity contribution in [3.63, 3.8) is 0 Å². The van der Waals surface area contributed by atoms with E-state index in [0.717, 1.165) is 31.9 Å². The van der Waals surface area contributed by atoms with E-state index < -0.39 is 11.8 Å². The molecular weight excluding hydrogens is 197 g/mol. The van der Waals surface area contributed by atoms with Gasteiger partial charge in [-0.15, -0.1) is 0 Å². The van der Waals surface area contributed by atoms with Gasteiger partial charge in [-0.1, -0.05) is 0 Å². The first-order valence-electron chi connectivity index (χ1n) is 5.08. The molecule has 1 fully saturated rings. The van der Waals surface area contributed by atoms with E-state index in [1.54, 1.807) is 0 Å². The number of rotatable bonds is 2. The minimum absolute atomic E-state index is 0.0306. The third kappa shape index (κ3) is 2.32. The van der Waals surface area contributed by atoms with E-state index in [-0.39, 0.29) is 11.7 Å². The zero-order valence-electron chi connectivity index (χ0n) is 8.28. The molecule has 0 saturated heterocycles. The summed E-state index contributed by atoms with van der Waals surface area (Å²) in [5, 5.41) is 0. The smallest absolute Gasteiger partial charge is 0.341 e. The fourth-order valence-electron chi connectivity index (χ4n) is 1.76. The van der Waals surface area contributed by atoms with E-state index in [4.69, 9.17) is 4.74 Å². The number of pyridine rings is 1. The lowest BCUT2D eigenvalue weighted by Crippen LogP contribution is -2.15. The Morgan fingerprint density at radius 3 is 2.87 bits per heavy atom. The SMILES string of the molecule is O=C(OC1CCCC1)c1ccncc1F. The molecule has 0 aliphatic heterocycles. The third-order valence-electron chi connectivity index (χ3n) is 2.57. The second-order valence-corrected chi connectivity index (χ2v) is 3.67. The molecule has 0 amide bonds. The average Bonchev–Trinajstić information content (AvgIpc) is 2.71. The highest BCUT2D eigenvalue weighted by molar-refractivity contribution is 5.89. The number of halogens is 1. The highest BCUT2D eigenvalue weighted by Crippen LogP contribution is 2.22. The molecule has 0 bridgehead atoms. The van der Waals surface area contributed by atoms with Crippen LogP contribution in [0.5, 0.6) is 0 Å². The number of aromatic nitrogens is 1. The van der Waals surface area contributed by atoms with Crippen LogP contribution < -0.4 is 0 Å². The van der Waals surface area contributed by atoms with Crippen LogP contribution in [0.25, 0.3) is 0 Å². The number of carbonyl (C=O) groups is 1. The first-order chi connectivity index (χ1) is 7.27. The summed E-state index contributed by atoms with van der Waals surface area (Å²) in [5.74, 6) is -1.21. The summed E-state index contributed by atoms with van der Waals surface area (Å²) >= 11 is 0. The monoisotopic (exact) mass is 209 g/mol. The number of ether oxygens (including phenoxy) is 1. The largest absolute Gasteiger partial charge is 0.459 e. The van der Waals surface area contributed by atoms with Gasteiger partial charge in [-0.25, -0.2) is 9.18 Å².